The number of hydrogen-bond donors (Lipinski definition) is 0. The van der Waals surface area contributed by atoms with E-state index in [1.807, 2.05) is 0 Å². The summed E-state index contributed by atoms with van der Waals surface area (Å²) in [6, 6.07) is 0. The molecule has 0 aliphatic carbocycles. The Kier molecular flexibility index (Phi) is 61.8. The molecule has 0 rings (SSSR count). The zero-order valence-corrected chi connectivity index (χ0v) is 50.7. The number of ether oxygens (including phenoxy) is 3. The van der Waals surface area contributed by atoms with Crippen LogP contribution in [0.15, 0.2) is 97.2 Å². The summed E-state index contributed by atoms with van der Waals surface area (Å²) >= 11 is 0. The van der Waals surface area contributed by atoms with Crippen molar-refractivity contribution in [3.05, 3.63) is 97.2 Å². The maximum absolute atomic E-state index is 12.9. The lowest BCUT2D eigenvalue weighted by molar-refractivity contribution is -0.167. The van der Waals surface area contributed by atoms with E-state index in [-0.39, 0.29) is 31.1 Å². The zero-order chi connectivity index (χ0) is 55.7. The lowest BCUT2D eigenvalue weighted by atomic mass is 10.0. The van der Waals surface area contributed by atoms with Crippen molar-refractivity contribution in [3.8, 4) is 0 Å². The van der Waals surface area contributed by atoms with E-state index in [0.29, 0.717) is 19.3 Å². The van der Waals surface area contributed by atoms with Gasteiger partial charge in [0.1, 0.15) is 13.2 Å². The van der Waals surface area contributed by atoms with Crippen LogP contribution in [-0.2, 0) is 28.6 Å². The molecule has 1 unspecified atom stereocenters. The van der Waals surface area contributed by atoms with E-state index in [4.69, 9.17) is 14.2 Å². The molecule has 6 heteroatoms. The summed E-state index contributed by atoms with van der Waals surface area (Å²) in [6.45, 7) is 6.46. The molecule has 0 radical (unpaired) electrons. The summed E-state index contributed by atoms with van der Waals surface area (Å²) in [5, 5.41) is 0. The molecule has 0 aliphatic heterocycles. The van der Waals surface area contributed by atoms with Crippen LogP contribution in [0.3, 0.4) is 0 Å². The van der Waals surface area contributed by atoms with Crippen LogP contribution in [0, 0.1) is 0 Å². The summed E-state index contributed by atoms with van der Waals surface area (Å²) in [4.78, 5) is 38.2. The summed E-state index contributed by atoms with van der Waals surface area (Å²) in [5.74, 6) is -0.924. The highest BCUT2D eigenvalue weighted by molar-refractivity contribution is 5.71. The van der Waals surface area contributed by atoms with Crippen molar-refractivity contribution in [1.29, 1.82) is 0 Å². The van der Waals surface area contributed by atoms with Gasteiger partial charge in [-0.05, 0) is 96.3 Å². The van der Waals surface area contributed by atoms with E-state index < -0.39 is 6.10 Å². The Labute approximate surface area is 477 Å². The minimum Gasteiger partial charge on any atom is -0.462 e. The molecule has 0 aromatic rings. The molecule has 442 valence electrons. The Hall–Kier alpha value is -3.67. The van der Waals surface area contributed by atoms with Crippen LogP contribution in [0.5, 0.6) is 0 Å². The topological polar surface area (TPSA) is 78.9 Å². The molecule has 0 saturated heterocycles. The van der Waals surface area contributed by atoms with Crippen LogP contribution in [0.2, 0.25) is 0 Å². The van der Waals surface area contributed by atoms with Crippen molar-refractivity contribution in [3.63, 3.8) is 0 Å². The largest absolute Gasteiger partial charge is 0.462 e. The van der Waals surface area contributed by atoms with Gasteiger partial charge in [-0.3, -0.25) is 14.4 Å². The molecule has 0 fully saturated rings. The third-order valence-corrected chi connectivity index (χ3v) is 14.1. The molecule has 0 saturated carbocycles. The van der Waals surface area contributed by atoms with E-state index in [9.17, 15) is 14.4 Å². The minimum atomic E-state index is -0.795. The van der Waals surface area contributed by atoms with Gasteiger partial charge in [0.05, 0.1) is 0 Å². The standard InChI is InChI=1S/C71H122O6/c1-4-7-10-13-16-19-22-24-26-28-30-32-34-36-38-39-41-43-45-47-49-52-55-58-61-64-70(73)76-67-68(66-75-69(72)63-60-57-54-51-21-18-15-12-9-6-3)77-71(74)65-62-59-56-53-50-48-46-44-42-40-37-35-33-31-29-27-25-23-20-17-14-11-8-5-2/h7,10,12,15-16,19,24,26,30,32,36,38,41,43,47,49,68H,4-6,8-9,11,13-14,17-18,20-23,25,27-29,31,33-35,37,39-40,42,44-46,48,50-67H2,1-3H3/b10-7-,15-12-,19-16-,26-24-,32-30-,38-36-,43-41-,49-47-. The number of allylic oxidation sites excluding steroid dienone is 16. The fraction of sp³-hybridized carbons (Fsp3) is 0.732. The van der Waals surface area contributed by atoms with Gasteiger partial charge in [-0.1, -0.05) is 298 Å². The highest BCUT2D eigenvalue weighted by atomic mass is 16.6. The van der Waals surface area contributed by atoms with Gasteiger partial charge in [0.2, 0.25) is 0 Å². The van der Waals surface area contributed by atoms with Crippen LogP contribution < -0.4 is 0 Å². The molecule has 0 aromatic heterocycles. The molecule has 0 aromatic carbocycles. The predicted octanol–water partition coefficient (Wildman–Crippen LogP) is 22.4. The molecule has 0 spiro atoms. The van der Waals surface area contributed by atoms with Crippen molar-refractivity contribution in [1.82, 2.24) is 0 Å². The summed E-state index contributed by atoms with van der Waals surface area (Å²) in [5.41, 5.74) is 0. The number of carbonyl (C=O) groups is 3. The van der Waals surface area contributed by atoms with Crippen LogP contribution in [0.4, 0.5) is 0 Å². The van der Waals surface area contributed by atoms with Crippen molar-refractivity contribution in [2.75, 3.05) is 13.2 Å². The molecular weight excluding hydrogens is 949 g/mol. The van der Waals surface area contributed by atoms with Gasteiger partial charge in [0.15, 0.2) is 6.10 Å². The average Bonchev–Trinajstić information content (AvgIpc) is 3.43. The monoisotopic (exact) mass is 1070 g/mol. The maximum atomic E-state index is 12.9. The van der Waals surface area contributed by atoms with Gasteiger partial charge < -0.3 is 14.2 Å². The Balaban J connectivity index is 4.30. The van der Waals surface area contributed by atoms with Gasteiger partial charge in [-0.25, -0.2) is 0 Å². The predicted molar refractivity (Wildman–Crippen MR) is 334 cm³/mol. The van der Waals surface area contributed by atoms with E-state index in [2.05, 4.69) is 118 Å². The Morgan fingerprint density at radius 2 is 0.532 bits per heavy atom. The lowest BCUT2D eigenvalue weighted by Crippen LogP contribution is -2.30. The van der Waals surface area contributed by atoms with E-state index in [0.717, 1.165) is 128 Å². The zero-order valence-electron chi connectivity index (χ0n) is 50.7. The van der Waals surface area contributed by atoms with E-state index >= 15 is 0 Å². The molecule has 0 aliphatic rings. The van der Waals surface area contributed by atoms with Crippen molar-refractivity contribution >= 4 is 17.9 Å². The third-order valence-electron chi connectivity index (χ3n) is 14.1. The van der Waals surface area contributed by atoms with Crippen LogP contribution in [-0.4, -0.2) is 37.2 Å². The van der Waals surface area contributed by atoms with Gasteiger partial charge >= 0.3 is 17.9 Å². The molecule has 77 heavy (non-hydrogen) atoms. The fourth-order valence-corrected chi connectivity index (χ4v) is 9.19. The highest BCUT2D eigenvalue weighted by Crippen LogP contribution is 2.17. The van der Waals surface area contributed by atoms with Gasteiger partial charge in [0.25, 0.3) is 0 Å². The number of hydrogen-bond acceptors (Lipinski definition) is 6. The Morgan fingerprint density at radius 1 is 0.273 bits per heavy atom. The molecular formula is C71H122O6. The molecule has 0 heterocycles. The highest BCUT2D eigenvalue weighted by Gasteiger charge is 2.19. The average molecular weight is 1070 g/mol. The first kappa shape index (κ1) is 73.3. The molecule has 0 bridgehead atoms. The van der Waals surface area contributed by atoms with Crippen molar-refractivity contribution in [2.24, 2.45) is 0 Å². The smallest absolute Gasteiger partial charge is 0.306 e. The Bertz CT molecular complexity index is 1510. The second kappa shape index (κ2) is 64.9. The lowest BCUT2D eigenvalue weighted by Gasteiger charge is -2.18. The van der Waals surface area contributed by atoms with E-state index in [1.165, 1.54) is 148 Å². The molecule has 6 nitrogen and oxygen atoms in total. The van der Waals surface area contributed by atoms with Crippen LogP contribution >= 0.6 is 0 Å². The first-order chi connectivity index (χ1) is 38.0. The molecule has 0 amide bonds. The van der Waals surface area contributed by atoms with Gasteiger partial charge in [-0.15, -0.1) is 0 Å². The second-order valence-corrected chi connectivity index (χ2v) is 21.6. The van der Waals surface area contributed by atoms with Gasteiger partial charge in [-0.2, -0.15) is 0 Å². The summed E-state index contributed by atoms with van der Waals surface area (Å²) in [6.07, 6.45) is 87.2. The fourth-order valence-electron chi connectivity index (χ4n) is 9.19. The SMILES string of the molecule is CC/C=C\C/C=C\C/C=C\C/C=C\C/C=C\C/C=C\C/C=C\CCCCCC(=O)OCC(COC(=O)CCCCCCC/C=C\CCC)OC(=O)CCCCCCCCCCCCCCCCCCCCCCCCCC. The summed E-state index contributed by atoms with van der Waals surface area (Å²) in [7, 11) is 0. The quantitative estimate of drug-likeness (QED) is 0.0261. The van der Waals surface area contributed by atoms with Crippen LogP contribution in [0.25, 0.3) is 0 Å². The minimum absolute atomic E-state index is 0.0910. The Morgan fingerprint density at radius 3 is 0.870 bits per heavy atom. The van der Waals surface area contributed by atoms with Crippen molar-refractivity contribution in [2.45, 2.75) is 322 Å². The number of rotatable bonds is 59. The third kappa shape index (κ3) is 63.0. The molecule has 1 atom stereocenters. The van der Waals surface area contributed by atoms with Crippen LogP contribution in [0.1, 0.15) is 316 Å². The normalized spacial score (nSPS) is 12.7. The first-order valence-corrected chi connectivity index (χ1v) is 32.7. The number of esters is 3. The van der Waals surface area contributed by atoms with Gasteiger partial charge in [0, 0.05) is 19.3 Å². The second-order valence-electron chi connectivity index (χ2n) is 21.6. The first-order valence-electron chi connectivity index (χ1n) is 32.7. The molecule has 0 N–H and O–H groups in total. The number of carbonyl (C=O) groups excluding carboxylic acids is 3. The summed E-state index contributed by atoms with van der Waals surface area (Å²) < 4.78 is 16.9. The van der Waals surface area contributed by atoms with Crippen molar-refractivity contribution < 1.29 is 28.6 Å². The maximum Gasteiger partial charge on any atom is 0.306 e. The van der Waals surface area contributed by atoms with E-state index in [1.54, 1.807) is 0 Å². The number of unbranched alkanes of at least 4 members (excludes halogenated alkanes) is 32.